The summed E-state index contributed by atoms with van der Waals surface area (Å²) in [6, 6.07) is 7.34. The maximum atomic E-state index is 13.3. The average Bonchev–Trinajstić information content (AvgIpc) is 2.80. The van der Waals surface area contributed by atoms with Crippen LogP contribution in [0, 0.1) is 0 Å². The lowest BCUT2D eigenvalue weighted by atomic mass is 10.0. The molecule has 1 saturated heterocycles. The maximum absolute atomic E-state index is 13.3. The van der Waals surface area contributed by atoms with Crippen molar-refractivity contribution in [2.45, 2.75) is 38.8 Å². The molecular weight excluding hydrogens is 317 g/mol. The van der Waals surface area contributed by atoms with Gasteiger partial charge in [0.15, 0.2) is 0 Å². The Hall–Kier alpha value is -2.11. The molecule has 1 aliphatic rings. The topological polar surface area (TPSA) is 32.7 Å². The fourth-order valence-electron chi connectivity index (χ4n) is 2.60. The molecule has 0 spiro atoms. The lowest BCUT2D eigenvalue weighted by molar-refractivity contribution is -0.109. The number of carbonyl (C=O) groups excluding carboxylic acids is 1. The SMILES string of the molecule is C/C(=N\N1CCCCCC1)C(=O)/C=C(/c1ccccc1)C(F)(F)F. The molecular formula is C18H21F3N2O. The summed E-state index contributed by atoms with van der Waals surface area (Å²) in [6.45, 7) is 2.93. The Morgan fingerprint density at radius 2 is 1.67 bits per heavy atom. The van der Waals surface area contributed by atoms with Gasteiger partial charge in [-0.2, -0.15) is 18.3 Å². The molecule has 1 fully saturated rings. The summed E-state index contributed by atoms with van der Waals surface area (Å²) in [4.78, 5) is 12.2. The van der Waals surface area contributed by atoms with Gasteiger partial charge in [-0.3, -0.25) is 9.80 Å². The van der Waals surface area contributed by atoms with E-state index in [1.165, 1.54) is 31.2 Å². The molecule has 0 aromatic heterocycles. The van der Waals surface area contributed by atoms with Crippen LogP contribution < -0.4 is 0 Å². The number of halogens is 3. The highest BCUT2D eigenvalue weighted by atomic mass is 19.4. The van der Waals surface area contributed by atoms with Crippen molar-refractivity contribution in [1.29, 1.82) is 0 Å². The lowest BCUT2D eigenvalue weighted by Crippen LogP contribution is -2.23. The zero-order chi connectivity index (χ0) is 17.6. The highest BCUT2D eigenvalue weighted by Gasteiger charge is 2.35. The molecule has 0 bridgehead atoms. The third kappa shape index (κ3) is 5.22. The van der Waals surface area contributed by atoms with E-state index in [0.29, 0.717) is 6.08 Å². The van der Waals surface area contributed by atoms with Crippen LogP contribution in [0.4, 0.5) is 13.2 Å². The first kappa shape index (κ1) is 18.2. The first-order valence-corrected chi connectivity index (χ1v) is 8.07. The van der Waals surface area contributed by atoms with Crippen LogP contribution in [0.1, 0.15) is 38.2 Å². The van der Waals surface area contributed by atoms with E-state index in [1.807, 2.05) is 0 Å². The van der Waals surface area contributed by atoms with E-state index in [4.69, 9.17) is 0 Å². The van der Waals surface area contributed by atoms with Gasteiger partial charge in [-0.15, -0.1) is 0 Å². The van der Waals surface area contributed by atoms with Gasteiger partial charge in [-0.05, 0) is 25.3 Å². The van der Waals surface area contributed by atoms with Crippen molar-refractivity contribution < 1.29 is 18.0 Å². The Labute approximate surface area is 139 Å². The monoisotopic (exact) mass is 338 g/mol. The summed E-state index contributed by atoms with van der Waals surface area (Å²) in [5.74, 6) is -0.713. The standard InChI is InChI=1S/C18H21F3N2O/c1-14(22-23-11-7-2-3-8-12-23)17(24)13-16(18(19,20)21)15-9-5-4-6-10-15/h4-6,9-10,13H,2-3,7-8,11-12H2,1H3/b16-13-,22-14+. The van der Waals surface area contributed by atoms with E-state index in [0.717, 1.165) is 38.8 Å². The maximum Gasteiger partial charge on any atom is 0.417 e. The van der Waals surface area contributed by atoms with Crippen LogP contribution in [-0.2, 0) is 4.79 Å². The highest BCUT2D eigenvalue weighted by Crippen LogP contribution is 2.33. The minimum atomic E-state index is -4.60. The number of carbonyl (C=O) groups is 1. The van der Waals surface area contributed by atoms with Gasteiger partial charge in [-0.25, -0.2) is 0 Å². The summed E-state index contributed by atoms with van der Waals surface area (Å²) < 4.78 is 39.8. The molecule has 6 heteroatoms. The third-order valence-electron chi connectivity index (χ3n) is 3.90. The van der Waals surface area contributed by atoms with Crippen LogP contribution in [0.2, 0.25) is 0 Å². The van der Waals surface area contributed by atoms with Crippen LogP contribution >= 0.6 is 0 Å². The van der Waals surface area contributed by atoms with Gasteiger partial charge in [-0.1, -0.05) is 43.2 Å². The van der Waals surface area contributed by atoms with E-state index >= 15 is 0 Å². The van der Waals surface area contributed by atoms with Gasteiger partial charge in [0.25, 0.3) is 0 Å². The normalized spacial score (nSPS) is 17.6. The Morgan fingerprint density at radius 1 is 1.08 bits per heavy atom. The Kier molecular flexibility index (Phi) is 6.17. The molecule has 24 heavy (non-hydrogen) atoms. The number of alkyl halides is 3. The highest BCUT2D eigenvalue weighted by molar-refractivity contribution is 6.44. The molecule has 1 aromatic carbocycles. The summed E-state index contributed by atoms with van der Waals surface area (Å²) in [6.07, 6.45) is 0.249. The van der Waals surface area contributed by atoms with Gasteiger partial charge in [0.05, 0.1) is 5.57 Å². The smallest absolute Gasteiger partial charge is 0.297 e. The van der Waals surface area contributed by atoms with Crippen molar-refractivity contribution in [3.63, 3.8) is 0 Å². The first-order valence-electron chi connectivity index (χ1n) is 8.07. The second kappa shape index (κ2) is 8.13. The molecule has 1 aliphatic heterocycles. The summed E-state index contributed by atoms with van der Waals surface area (Å²) >= 11 is 0. The molecule has 0 N–H and O–H groups in total. The number of benzene rings is 1. The molecule has 1 aromatic rings. The van der Waals surface area contributed by atoms with Crippen LogP contribution in [0.25, 0.3) is 5.57 Å². The molecule has 0 unspecified atom stereocenters. The van der Waals surface area contributed by atoms with Gasteiger partial charge in [0.1, 0.15) is 5.71 Å². The van der Waals surface area contributed by atoms with Crippen LogP contribution in [-0.4, -0.2) is 35.8 Å². The molecule has 0 saturated carbocycles. The molecule has 130 valence electrons. The van der Waals surface area contributed by atoms with E-state index < -0.39 is 17.5 Å². The second-order valence-corrected chi connectivity index (χ2v) is 5.84. The average molecular weight is 338 g/mol. The number of hydrogen-bond donors (Lipinski definition) is 0. The zero-order valence-electron chi connectivity index (χ0n) is 13.6. The van der Waals surface area contributed by atoms with Crippen molar-refractivity contribution in [1.82, 2.24) is 5.01 Å². The van der Waals surface area contributed by atoms with E-state index in [9.17, 15) is 18.0 Å². The fraction of sp³-hybridized carbons (Fsp3) is 0.444. The second-order valence-electron chi connectivity index (χ2n) is 5.84. The minimum absolute atomic E-state index is 0.0269. The molecule has 2 rings (SSSR count). The van der Waals surface area contributed by atoms with Crippen molar-refractivity contribution in [3.8, 4) is 0 Å². The van der Waals surface area contributed by atoms with Crippen molar-refractivity contribution in [2.75, 3.05) is 13.1 Å². The van der Waals surface area contributed by atoms with Crippen molar-refractivity contribution >= 4 is 17.1 Å². The van der Waals surface area contributed by atoms with Crippen LogP contribution in [0.5, 0.6) is 0 Å². The summed E-state index contributed by atoms with van der Waals surface area (Å²) in [5.41, 5.74) is -0.894. The predicted octanol–water partition coefficient (Wildman–Crippen LogP) is 4.45. The fourth-order valence-corrected chi connectivity index (χ4v) is 2.60. The van der Waals surface area contributed by atoms with Crippen LogP contribution in [0.15, 0.2) is 41.5 Å². The van der Waals surface area contributed by atoms with E-state index in [-0.39, 0.29) is 11.3 Å². The number of ketones is 1. The minimum Gasteiger partial charge on any atom is -0.297 e. The number of allylic oxidation sites excluding steroid dienone is 2. The number of nitrogens with zero attached hydrogens (tertiary/aromatic N) is 2. The van der Waals surface area contributed by atoms with Gasteiger partial charge in [0, 0.05) is 19.2 Å². The quantitative estimate of drug-likeness (QED) is 0.600. The van der Waals surface area contributed by atoms with Crippen molar-refractivity contribution in [3.05, 3.63) is 42.0 Å². The van der Waals surface area contributed by atoms with Crippen LogP contribution in [0.3, 0.4) is 0 Å². The molecule has 1 heterocycles. The molecule has 3 nitrogen and oxygen atoms in total. The molecule has 0 aliphatic carbocycles. The largest absolute Gasteiger partial charge is 0.417 e. The molecule has 0 amide bonds. The Bertz CT molecular complexity index is 613. The van der Waals surface area contributed by atoms with Gasteiger partial charge in [0.2, 0.25) is 5.78 Å². The van der Waals surface area contributed by atoms with Crippen molar-refractivity contribution in [2.24, 2.45) is 5.10 Å². The number of rotatable bonds is 4. The lowest BCUT2D eigenvalue weighted by Gasteiger charge is -2.17. The Morgan fingerprint density at radius 3 is 2.21 bits per heavy atom. The molecule has 0 radical (unpaired) electrons. The Balaban J connectivity index is 2.23. The first-order chi connectivity index (χ1) is 11.4. The molecule has 0 atom stereocenters. The zero-order valence-corrected chi connectivity index (χ0v) is 13.6. The van der Waals surface area contributed by atoms with E-state index in [1.54, 1.807) is 11.1 Å². The number of hydrazone groups is 1. The summed E-state index contributed by atoms with van der Waals surface area (Å²) in [5, 5.41) is 5.99. The van der Waals surface area contributed by atoms with Gasteiger partial charge < -0.3 is 0 Å². The van der Waals surface area contributed by atoms with Gasteiger partial charge >= 0.3 is 6.18 Å². The van der Waals surface area contributed by atoms with E-state index in [2.05, 4.69) is 5.10 Å². The number of hydrogen-bond acceptors (Lipinski definition) is 3. The predicted molar refractivity (Wildman–Crippen MR) is 88.6 cm³/mol. The third-order valence-corrected chi connectivity index (χ3v) is 3.90. The summed E-state index contributed by atoms with van der Waals surface area (Å²) in [7, 11) is 0.